The second-order valence-electron chi connectivity index (χ2n) is 8.59. The number of nitrogens with two attached hydrogens (primary N) is 1. The molecule has 9 nitrogen and oxygen atoms in total. The van der Waals surface area contributed by atoms with Gasteiger partial charge in [0.1, 0.15) is 6.04 Å². The monoisotopic (exact) mass is 442 g/mol. The lowest BCUT2D eigenvalue weighted by Gasteiger charge is -2.23. The minimum Gasteiger partial charge on any atom is -0.363 e. The third-order valence-corrected chi connectivity index (χ3v) is 5.96. The van der Waals surface area contributed by atoms with Gasteiger partial charge in [-0.05, 0) is 37.2 Å². The van der Waals surface area contributed by atoms with Crippen molar-refractivity contribution < 1.29 is 24.0 Å². The predicted octanol–water partition coefficient (Wildman–Crippen LogP) is -0.0305. The third-order valence-electron chi connectivity index (χ3n) is 5.96. The van der Waals surface area contributed by atoms with E-state index in [1.807, 2.05) is 30.3 Å². The molecule has 0 bridgehead atoms. The fourth-order valence-corrected chi connectivity index (χ4v) is 3.92. The molecule has 9 heteroatoms. The molecule has 3 rings (SSSR count). The van der Waals surface area contributed by atoms with Crippen LogP contribution in [0.1, 0.15) is 44.1 Å². The van der Waals surface area contributed by atoms with Gasteiger partial charge in [0.05, 0.1) is 6.04 Å². The van der Waals surface area contributed by atoms with Crippen LogP contribution >= 0.6 is 0 Å². The molecule has 3 atom stereocenters. The summed E-state index contributed by atoms with van der Waals surface area (Å²) in [7, 11) is 0. The molecular formula is C23H30N4O5. The number of benzene rings is 1. The van der Waals surface area contributed by atoms with Crippen LogP contribution in [-0.2, 0) is 30.4 Å². The van der Waals surface area contributed by atoms with E-state index in [1.165, 1.54) is 0 Å². The van der Waals surface area contributed by atoms with Crippen molar-refractivity contribution in [1.82, 2.24) is 16.0 Å². The lowest BCUT2D eigenvalue weighted by molar-refractivity contribution is -0.139. The molecule has 1 heterocycles. The molecule has 0 aromatic heterocycles. The fraction of sp³-hybridized carbons (Fsp3) is 0.522. The Morgan fingerprint density at radius 3 is 2.31 bits per heavy atom. The summed E-state index contributed by atoms with van der Waals surface area (Å²) in [6.07, 6.45) is 3.71. The smallest absolute Gasteiger partial charge is 0.287 e. The van der Waals surface area contributed by atoms with Crippen molar-refractivity contribution in [2.75, 3.05) is 6.54 Å². The average Bonchev–Trinajstić information content (AvgIpc) is 3.51. The second kappa shape index (κ2) is 10.9. The normalized spacial score (nSPS) is 19.5. The van der Waals surface area contributed by atoms with E-state index in [2.05, 4.69) is 16.0 Å². The Balaban J connectivity index is 1.61. The van der Waals surface area contributed by atoms with Gasteiger partial charge in [-0.2, -0.15) is 0 Å². The molecule has 32 heavy (non-hydrogen) atoms. The maximum atomic E-state index is 13.0. The molecule has 1 saturated carbocycles. The van der Waals surface area contributed by atoms with Crippen LogP contribution in [0, 0.1) is 11.8 Å². The molecule has 1 aliphatic heterocycles. The lowest BCUT2D eigenvalue weighted by atomic mass is 9.95. The Bertz CT molecular complexity index is 868. The number of rotatable bonds is 12. The van der Waals surface area contributed by atoms with E-state index in [0.29, 0.717) is 31.7 Å². The highest BCUT2D eigenvalue weighted by molar-refractivity contribution is 6.37. The molecule has 5 N–H and O–H groups in total. The van der Waals surface area contributed by atoms with Gasteiger partial charge in [0.15, 0.2) is 0 Å². The summed E-state index contributed by atoms with van der Waals surface area (Å²) in [6, 6.07) is 7.55. The minimum atomic E-state index is -1.20. The number of aryl methyl sites for hydroxylation is 1. The summed E-state index contributed by atoms with van der Waals surface area (Å²) < 4.78 is 0. The van der Waals surface area contributed by atoms with E-state index >= 15 is 0 Å². The minimum absolute atomic E-state index is 0.00253. The van der Waals surface area contributed by atoms with Crippen molar-refractivity contribution >= 4 is 29.4 Å². The quantitative estimate of drug-likeness (QED) is 0.336. The van der Waals surface area contributed by atoms with Crippen LogP contribution in [0.15, 0.2) is 30.3 Å². The molecule has 0 radical (unpaired) electrons. The summed E-state index contributed by atoms with van der Waals surface area (Å²) >= 11 is 0. The first-order valence-electron chi connectivity index (χ1n) is 11.1. The molecule has 1 aromatic rings. The molecule has 2 aliphatic rings. The average molecular weight is 443 g/mol. The summed E-state index contributed by atoms with van der Waals surface area (Å²) in [4.78, 5) is 61.2. The van der Waals surface area contributed by atoms with Gasteiger partial charge in [0.2, 0.25) is 23.5 Å². The van der Waals surface area contributed by atoms with Crippen molar-refractivity contribution in [1.29, 1.82) is 0 Å². The number of hydrogen-bond donors (Lipinski definition) is 4. The van der Waals surface area contributed by atoms with Gasteiger partial charge >= 0.3 is 0 Å². The molecule has 4 amide bonds. The summed E-state index contributed by atoms with van der Waals surface area (Å²) in [6.45, 7) is 0.483. The summed E-state index contributed by atoms with van der Waals surface area (Å²) in [5, 5.41) is 8.02. The van der Waals surface area contributed by atoms with E-state index in [9.17, 15) is 24.0 Å². The molecule has 0 spiro atoms. The SMILES string of the molecule is NC(=O)C(=O)C(CC1CCNC1=O)NC(=O)C(CC1CC1)NC(=O)CCc1ccccc1. The van der Waals surface area contributed by atoms with Gasteiger partial charge in [-0.25, -0.2) is 0 Å². The van der Waals surface area contributed by atoms with E-state index in [1.54, 1.807) is 0 Å². The molecule has 1 aromatic carbocycles. The molecule has 1 saturated heterocycles. The number of primary amides is 1. The van der Waals surface area contributed by atoms with Crippen molar-refractivity contribution in [2.45, 2.75) is 57.0 Å². The predicted molar refractivity (Wildman–Crippen MR) is 116 cm³/mol. The van der Waals surface area contributed by atoms with Crippen LogP contribution in [0.4, 0.5) is 0 Å². The van der Waals surface area contributed by atoms with Crippen molar-refractivity contribution in [3.8, 4) is 0 Å². The summed E-state index contributed by atoms with van der Waals surface area (Å²) in [5.74, 6) is -3.27. The number of carbonyl (C=O) groups excluding carboxylic acids is 5. The first-order chi connectivity index (χ1) is 15.3. The maximum Gasteiger partial charge on any atom is 0.287 e. The van der Waals surface area contributed by atoms with Crippen molar-refractivity contribution in [3.63, 3.8) is 0 Å². The van der Waals surface area contributed by atoms with Gasteiger partial charge in [-0.1, -0.05) is 43.2 Å². The highest BCUT2D eigenvalue weighted by Crippen LogP contribution is 2.33. The number of amides is 4. The third kappa shape index (κ3) is 6.90. The number of carbonyl (C=O) groups is 5. The van der Waals surface area contributed by atoms with Crippen molar-refractivity contribution in [2.24, 2.45) is 17.6 Å². The van der Waals surface area contributed by atoms with Crippen LogP contribution in [0.5, 0.6) is 0 Å². The molecule has 3 unspecified atom stereocenters. The van der Waals surface area contributed by atoms with Gasteiger partial charge in [-0.3, -0.25) is 24.0 Å². The van der Waals surface area contributed by atoms with Gasteiger partial charge < -0.3 is 21.7 Å². The largest absolute Gasteiger partial charge is 0.363 e. The van der Waals surface area contributed by atoms with Crippen LogP contribution in [0.3, 0.4) is 0 Å². The molecule has 2 fully saturated rings. The number of Topliss-reactive ketones (excluding diaryl/α,β-unsaturated/α-hetero) is 1. The Kier molecular flexibility index (Phi) is 7.97. The van der Waals surface area contributed by atoms with Crippen molar-refractivity contribution in [3.05, 3.63) is 35.9 Å². The zero-order chi connectivity index (χ0) is 23.1. The Hall–Kier alpha value is -3.23. The zero-order valence-electron chi connectivity index (χ0n) is 18.0. The van der Waals surface area contributed by atoms with Gasteiger partial charge in [0.25, 0.3) is 5.91 Å². The maximum absolute atomic E-state index is 13.0. The Labute approximate surface area is 186 Å². The van der Waals surface area contributed by atoms with Gasteiger partial charge in [-0.15, -0.1) is 0 Å². The van der Waals surface area contributed by atoms with Crippen LogP contribution < -0.4 is 21.7 Å². The molecule has 172 valence electrons. The number of hydrogen-bond acceptors (Lipinski definition) is 5. The van der Waals surface area contributed by atoms with Crippen LogP contribution in [0.2, 0.25) is 0 Å². The fourth-order valence-electron chi connectivity index (χ4n) is 3.92. The van der Waals surface area contributed by atoms with Crippen LogP contribution in [0.25, 0.3) is 0 Å². The standard InChI is InChI=1S/C23H30N4O5/c24-21(30)20(29)17(13-16-10-11-25-22(16)31)27-23(32)18(12-15-6-7-15)26-19(28)9-8-14-4-2-1-3-5-14/h1-5,15-18H,6-13H2,(H2,24,30)(H,25,31)(H,26,28)(H,27,32). The summed E-state index contributed by atoms with van der Waals surface area (Å²) in [5.41, 5.74) is 6.17. The van der Waals surface area contributed by atoms with Crippen LogP contribution in [-0.4, -0.2) is 48.0 Å². The second-order valence-corrected chi connectivity index (χ2v) is 8.59. The lowest BCUT2D eigenvalue weighted by Crippen LogP contribution is -2.54. The van der Waals surface area contributed by atoms with E-state index < -0.39 is 35.6 Å². The number of nitrogens with one attached hydrogen (secondary N) is 3. The Morgan fingerprint density at radius 2 is 1.72 bits per heavy atom. The zero-order valence-corrected chi connectivity index (χ0v) is 18.0. The van der Waals surface area contributed by atoms with Gasteiger partial charge in [0, 0.05) is 18.9 Å². The van der Waals surface area contributed by atoms with E-state index in [0.717, 1.165) is 18.4 Å². The molecule has 1 aliphatic carbocycles. The highest BCUT2D eigenvalue weighted by Gasteiger charge is 2.36. The first-order valence-corrected chi connectivity index (χ1v) is 11.1. The number of ketones is 1. The first kappa shape index (κ1) is 23.4. The molecular weight excluding hydrogens is 412 g/mol. The highest BCUT2D eigenvalue weighted by atomic mass is 16.2. The van der Waals surface area contributed by atoms with E-state index in [-0.39, 0.29) is 24.7 Å². The topological polar surface area (TPSA) is 147 Å². The Morgan fingerprint density at radius 1 is 1.00 bits per heavy atom. The van der Waals surface area contributed by atoms with E-state index in [4.69, 9.17) is 5.73 Å².